The van der Waals surface area contributed by atoms with Crippen molar-refractivity contribution in [2.75, 3.05) is 6.61 Å². The molecule has 5 heteroatoms. The molecule has 2 rings (SSSR count). The molecule has 0 amide bonds. The molecule has 0 N–H and O–H groups in total. The molecule has 0 radical (unpaired) electrons. The van der Waals surface area contributed by atoms with Crippen molar-refractivity contribution in [1.82, 2.24) is 0 Å². The molecule has 1 atom stereocenters. The molecule has 0 bridgehead atoms. The van der Waals surface area contributed by atoms with Gasteiger partial charge in [0.1, 0.15) is 17.1 Å². The fraction of sp³-hybridized carbons (Fsp3) is 0.571. The SMILES string of the molecule is CCOC(=O)/C(C1=CCCC(C)O1)=C1\CCC(=O)O1. The Balaban J connectivity index is 2.32. The summed E-state index contributed by atoms with van der Waals surface area (Å²) < 4.78 is 15.8. The Kier molecular flexibility index (Phi) is 4.24. The summed E-state index contributed by atoms with van der Waals surface area (Å²) in [6.45, 7) is 3.95. The number of hydrogen-bond acceptors (Lipinski definition) is 5. The minimum atomic E-state index is -0.493. The fourth-order valence-corrected chi connectivity index (χ4v) is 2.12. The van der Waals surface area contributed by atoms with Crippen LogP contribution in [0.1, 0.15) is 39.5 Å². The maximum absolute atomic E-state index is 12.1. The average molecular weight is 266 g/mol. The molecule has 19 heavy (non-hydrogen) atoms. The normalized spacial score (nSPS) is 25.3. The summed E-state index contributed by atoms with van der Waals surface area (Å²) >= 11 is 0. The predicted molar refractivity (Wildman–Crippen MR) is 66.8 cm³/mol. The highest BCUT2D eigenvalue weighted by atomic mass is 16.6. The molecule has 0 aliphatic carbocycles. The third-order valence-electron chi connectivity index (χ3n) is 3.03. The molecule has 2 aliphatic rings. The molecule has 1 fully saturated rings. The number of allylic oxidation sites excluding steroid dienone is 2. The van der Waals surface area contributed by atoms with Crippen molar-refractivity contribution in [2.45, 2.75) is 45.6 Å². The van der Waals surface area contributed by atoms with Gasteiger partial charge >= 0.3 is 11.9 Å². The smallest absolute Gasteiger partial charge is 0.345 e. The van der Waals surface area contributed by atoms with Crippen LogP contribution in [0.2, 0.25) is 0 Å². The van der Waals surface area contributed by atoms with Gasteiger partial charge in [-0.25, -0.2) is 4.79 Å². The van der Waals surface area contributed by atoms with E-state index in [4.69, 9.17) is 14.2 Å². The quantitative estimate of drug-likeness (QED) is 0.579. The van der Waals surface area contributed by atoms with Crippen molar-refractivity contribution in [3.8, 4) is 0 Å². The Hall–Kier alpha value is -1.78. The minimum Gasteiger partial charge on any atom is -0.490 e. The summed E-state index contributed by atoms with van der Waals surface area (Å²) in [6.07, 6.45) is 4.35. The summed E-state index contributed by atoms with van der Waals surface area (Å²) in [7, 11) is 0. The molecule has 1 unspecified atom stereocenters. The lowest BCUT2D eigenvalue weighted by atomic mass is 10.1. The molecule has 0 aromatic rings. The first kappa shape index (κ1) is 13.6. The van der Waals surface area contributed by atoms with Gasteiger partial charge < -0.3 is 14.2 Å². The van der Waals surface area contributed by atoms with Gasteiger partial charge in [-0.3, -0.25) is 4.79 Å². The number of rotatable bonds is 3. The van der Waals surface area contributed by atoms with Crippen molar-refractivity contribution in [1.29, 1.82) is 0 Å². The Morgan fingerprint density at radius 3 is 2.84 bits per heavy atom. The summed E-state index contributed by atoms with van der Waals surface area (Å²) in [5.41, 5.74) is 0.263. The highest BCUT2D eigenvalue weighted by molar-refractivity contribution is 5.94. The standard InChI is InChI=1S/C14H18O5/c1-3-17-14(16)13(11-7-8-12(15)19-11)10-6-4-5-9(2)18-10/h6,9H,3-5,7-8H2,1-2H3/b13-11+. The van der Waals surface area contributed by atoms with Crippen LogP contribution >= 0.6 is 0 Å². The maximum Gasteiger partial charge on any atom is 0.345 e. The second kappa shape index (κ2) is 5.91. The third kappa shape index (κ3) is 3.16. The van der Waals surface area contributed by atoms with E-state index in [1.807, 2.05) is 13.0 Å². The van der Waals surface area contributed by atoms with Crippen LogP contribution in [0.3, 0.4) is 0 Å². The molecule has 2 heterocycles. The zero-order valence-corrected chi connectivity index (χ0v) is 11.2. The highest BCUT2D eigenvalue weighted by Gasteiger charge is 2.31. The van der Waals surface area contributed by atoms with E-state index in [1.54, 1.807) is 6.92 Å². The second-order valence-electron chi connectivity index (χ2n) is 4.57. The van der Waals surface area contributed by atoms with Crippen LogP contribution < -0.4 is 0 Å². The summed E-state index contributed by atoms with van der Waals surface area (Å²) in [4.78, 5) is 23.3. The van der Waals surface area contributed by atoms with Gasteiger partial charge in [-0.15, -0.1) is 0 Å². The van der Waals surface area contributed by atoms with Crippen molar-refractivity contribution in [3.63, 3.8) is 0 Å². The van der Waals surface area contributed by atoms with E-state index in [0.717, 1.165) is 12.8 Å². The van der Waals surface area contributed by atoms with Crippen molar-refractivity contribution >= 4 is 11.9 Å². The number of esters is 2. The van der Waals surface area contributed by atoms with Gasteiger partial charge in [-0.2, -0.15) is 0 Å². The number of cyclic esters (lactones) is 1. The van der Waals surface area contributed by atoms with Gasteiger partial charge in [0.2, 0.25) is 0 Å². The molecular formula is C14H18O5. The molecule has 2 aliphatic heterocycles. The van der Waals surface area contributed by atoms with Crippen LogP contribution in [0.4, 0.5) is 0 Å². The fourth-order valence-electron chi connectivity index (χ4n) is 2.12. The van der Waals surface area contributed by atoms with E-state index in [1.165, 1.54) is 0 Å². The molecule has 1 saturated heterocycles. The molecule has 0 aromatic heterocycles. The van der Waals surface area contributed by atoms with E-state index in [-0.39, 0.29) is 24.3 Å². The largest absolute Gasteiger partial charge is 0.490 e. The van der Waals surface area contributed by atoms with E-state index in [0.29, 0.717) is 24.4 Å². The Morgan fingerprint density at radius 2 is 2.26 bits per heavy atom. The zero-order chi connectivity index (χ0) is 13.8. The third-order valence-corrected chi connectivity index (χ3v) is 3.03. The van der Waals surface area contributed by atoms with Crippen LogP contribution in [0.15, 0.2) is 23.2 Å². The van der Waals surface area contributed by atoms with E-state index < -0.39 is 5.97 Å². The van der Waals surface area contributed by atoms with Gasteiger partial charge in [-0.05, 0) is 32.8 Å². The van der Waals surface area contributed by atoms with Crippen molar-refractivity contribution in [3.05, 3.63) is 23.2 Å². The lowest BCUT2D eigenvalue weighted by Gasteiger charge is -2.23. The van der Waals surface area contributed by atoms with Gasteiger partial charge in [-0.1, -0.05) is 0 Å². The lowest BCUT2D eigenvalue weighted by molar-refractivity contribution is -0.139. The summed E-state index contributed by atoms with van der Waals surface area (Å²) in [5, 5.41) is 0. The predicted octanol–water partition coefficient (Wildman–Crippen LogP) is 2.22. The Morgan fingerprint density at radius 1 is 1.47 bits per heavy atom. The Bertz CT molecular complexity index is 447. The Labute approximate surface area is 112 Å². The van der Waals surface area contributed by atoms with Gasteiger partial charge in [0, 0.05) is 6.42 Å². The van der Waals surface area contributed by atoms with Crippen LogP contribution in [0.5, 0.6) is 0 Å². The maximum atomic E-state index is 12.1. The first-order valence-electron chi connectivity index (χ1n) is 6.60. The molecular weight excluding hydrogens is 248 g/mol. The number of ether oxygens (including phenoxy) is 3. The van der Waals surface area contributed by atoms with Crippen LogP contribution in [-0.4, -0.2) is 24.6 Å². The topological polar surface area (TPSA) is 61.8 Å². The van der Waals surface area contributed by atoms with E-state index >= 15 is 0 Å². The van der Waals surface area contributed by atoms with E-state index in [9.17, 15) is 9.59 Å². The average Bonchev–Trinajstić information content (AvgIpc) is 2.76. The molecule has 0 aromatic carbocycles. The molecule has 0 saturated carbocycles. The zero-order valence-electron chi connectivity index (χ0n) is 11.2. The van der Waals surface area contributed by atoms with Gasteiger partial charge in [0.15, 0.2) is 0 Å². The minimum absolute atomic E-state index is 0.0436. The second-order valence-corrected chi connectivity index (χ2v) is 4.57. The first-order valence-corrected chi connectivity index (χ1v) is 6.60. The van der Waals surface area contributed by atoms with E-state index in [2.05, 4.69) is 0 Å². The first-order chi connectivity index (χ1) is 9.11. The summed E-state index contributed by atoms with van der Waals surface area (Å²) in [5.74, 6) is 0.0273. The highest BCUT2D eigenvalue weighted by Crippen LogP contribution is 2.30. The van der Waals surface area contributed by atoms with Crippen LogP contribution in [0.25, 0.3) is 0 Å². The van der Waals surface area contributed by atoms with Crippen molar-refractivity contribution in [2.24, 2.45) is 0 Å². The molecule has 104 valence electrons. The van der Waals surface area contributed by atoms with Crippen LogP contribution in [-0.2, 0) is 23.8 Å². The monoisotopic (exact) mass is 266 g/mol. The van der Waals surface area contributed by atoms with Gasteiger partial charge in [0.05, 0.1) is 19.1 Å². The number of carbonyl (C=O) groups excluding carboxylic acids is 2. The van der Waals surface area contributed by atoms with Crippen LogP contribution in [0, 0.1) is 0 Å². The molecule has 0 spiro atoms. The summed E-state index contributed by atoms with van der Waals surface area (Å²) in [6, 6.07) is 0. The molecule has 5 nitrogen and oxygen atoms in total. The van der Waals surface area contributed by atoms with Gasteiger partial charge in [0.25, 0.3) is 0 Å². The van der Waals surface area contributed by atoms with Crippen molar-refractivity contribution < 1.29 is 23.8 Å². The number of hydrogen-bond donors (Lipinski definition) is 0. The number of carbonyl (C=O) groups is 2. The lowest BCUT2D eigenvalue weighted by Crippen LogP contribution is -2.20.